The molecule has 0 amide bonds. The molecule has 0 unspecified atom stereocenters. The van der Waals surface area contributed by atoms with Crippen molar-refractivity contribution in [3.8, 4) is 11.1 Å². The molecule has 0 fully saturated rings. The zero-order chi connectivity index (χ0) is 13.1. The first-order valence-corrected chi connectivity index (χ1v) is 4.99. The Bertz CT molecular complexity index is 625. The van der Waals surface area contributed by atoms with Gasteiger partial charge < -0.3 is 0 Å². The third-order valence-electron chi connectivity index (χ3n) is 2.38. The van der Waals surface area contributed by atoms with Crippen LogP contribution in [0.4, 0.5) is 11.4 Å². The van der Waals surface area contributed by atoms with Crippen molar-refractivity contribution in [1.82, 2.24) is 0 Å². The van der Waals surface area contributed by atoms with E-state index in [1.165, 1.54) is 36.4 Å². The highest BCUT2D eigenvalue weighted by Crippen LogP contribution is 2.30. The minimum atomic E-state index is -0.543. The minimum Gasteiger partial charge on any atom is -0.258 e. The van der Waals surface area contributed by atoms with E-state index in [0.29, 0.717) is 5.56 Å². The van der Waals surface area contributed by atoms with Crippen molar-refractivity contribution >= 4 is 11.4 Å². The van der Waals surface area contributed by atoms with Crippen LogP contribution in [0.3, 0.4) is 0 Å². The predicted octanol–water partition coefficient (Wildman–Crippen LogP) is 2.97. The number of hydrogen-bond donors (Lipinski definition) is 0. The molecule has 6 heteroatoms. The molecule has 0 aliphatic carbocycles. The van der Waals surface area contributed by atoms with Crippen LogP contribution in [-0.4, -0.2) is 9.85 Å². The number of hydrogen-bond acceptors (Lipinski definition) is 4. The molecule has 0 saturated heterocycles. The standard InChI is InChI=1S/C12H7N2O4/c15-13(16)10-5-3-4-9(8-10)11-6-1-2-7-12(11)14(17)18/h1-5,7-8H. The molecule has 0 aliphatic rings. The maximum absolute atomic E-state index is 10.9. The van der Waals surface area contributed by atoms with Crippen molar-refractivity contribution in [2.24, 2.45) is 0 Å². The van der Waals surface area contributed by atoms with Gasteiger partial charge >= 0.3 is 0 Å². The first-order chi connectivity index (χ1) is 8.59. The summed E-state index contributed by atoms with van der Waals surface area (Å²) in [6, 6.07) is 12.8. The van der Waals surface area contributed by atoms with Gasteiger partial charge in [0.1, 0.15) is 0 Å². The molecule has 6 nitrogen and oxygen atoms in total. The number of rotatable bonds is 3. The topological polar surface area (TPSA) is 86.3 Å². The quantitative estimate of drug-likeness (QED) is 0.612. The highest BCUT2D eigenvalue weighted by molar-refractivity contribution is 5.74. The Kier molecular flexibility index (Phi) is 3.01. The van der Waals surface area contributed by atoms with E-state index in [4.69, 9.17) is 0 Å². The van der Waals surface area contributed by atoms with Crippen LogP contribution in [0.1, 0.15) is 0 Å². The van der Waals surface area contributed by atoms with Crippen LogP contribution in [0, 0.1) is 26.3 Å². The van der Waals surface area contributed by atoms with E-state index in [9.17, 15) is 20.2 Å². The van der Waals surface area contributed by atoms with E-state index in [1.807, 2.05) is 0 Å². The summed E-state index contributed by atoms with van der Waals surface area (Å²) >= 11 is 0. The molecule has 2 rings (SSSR count). The molecule has 0 aliphatic heterocycles. The van der Waals surface area contributed by atoms with E-state index < -0.39 is 9.85 Å². The Morgan fingerprint density at radius 3 is 2.44 bits per heavy atom. The number of nitro groups is 2. The monoisotopic (exact) mass is 243 g/mol. The number of non-ortho nitro benzene ring substituents is 1. The van der Waals surface area contributed by atoms with Crippen molar-refractivity contribution in [3.05, 3.63) is 68.8 Å². The molecule has 0 atom stereocenters. The van der Waals surface area contributed by atoms with Crippen LogP contribution in [0.5, 0.6) is 0 Å². The van der Waals surface area contributed by atoms with Gasteiger partial charge in [-0.05, 0) is 11.6 Å². The van der Waals surface area contributed by atoms with Crippen LogP contribution in [0.2, 0.25) is 0 Å². The Morgan fingerprint density at radius 1 is 1.00 bits per heavy atom. The summed E-state index contributed by atoms with van der Waals surface area (Å²) in [7, 11) is 0. The van der Waals surface area contributed by atoms with Gasteiger partial charge in [0.05, 0.1) is 15.4 Å². The highest BCUT2D eigenvalue weighted by atomic mass is 16.6. The lowest BCUT2D eigenvalue weighted by Crippen LogP contribution is -1.93. The van der Waals surface area contributed by atoms with Crippen LogP contribution in [0.15, 0.2) is 42.5 Å². The summed E-state index contributed by atoms with van der Waals surface area (Å²) in [5, 5.41) is 21.5. The Morgan fingerprint density at radius 2 is 1.78 bits per heavy atom. The summed E-state index contributed by atoms with van der Waals surface area (Å²) in [5.74, 6) is 0. The first-order valence-electron chi connectivity index (χ1n) is 4.99. The van der Waals surface area contributed by atoms with Crippen LogP contribution >= 0.6 is 0 Å². The summed E-state index contributed by atoms with van der Waals surface area (Å²) in [5.41, 5.74) is 0.403. The van der Waals surface area contributed by atoms with Gasteiger partial charge in [-0.25, -0.2) is 0 Å². The lowest BCUT2D eigenvalue weighted by Gasteiger charge is -2.02. The molecule has 2 aromatic rings. The molecule has 0 N–H and O–H groups in total. The number of nitro benzene ring substituents is 2. The molecular weight excluding hydrogens is 236 g/mol. The smallest absolute Gasteiger partial charge is 0.258 e. The number of nitrogens with zero attached hydrogens (tertiary/aromatic N) is 2. The van der Waals surface area contributed by atoms with Gasteiger partial charge in [-0.1, -0.05) is 24.3 Å². The van der Waals surface area contributed by atoms with Gasteiger partial charge in [-0.3, -0.25) is 20.2 Å². The van der Waals surface area contributed by atoms with E-state index in [2.05, 4.69) is 6.07 Å². The maximum Gasteiger partial charge on any atom is 0.277 e. The highest BCUT2D eigenvalue weighted by Gasteiger charge is 2.16. The average molecular weight is 243 g/mol. The SMILES string of the molecule is O=[N+]([O-])c1cccc(-c2[c]cccc2[N+](=O)[O-])c1. The summed E-state index contributed by atoms with van der Waals surface area (Å²) in [6.45, 7) is 0. The van der Waals surface area contributed by atoms with Gasteiger partial charge in [0.15, 0.2) is 0 Å². The van der Waals surface area contributed by atoms with Crippen LogP contribution < -0.4 is 0 Å². The van der Waals surface area contributed by atoms with E-state index in [-0.39, 0.29) is 16.9 Å². The van der Waals surface area contributed by atoms with Gasteiger partial charge in [0.25, 0.3) is 11.4 Å². The largest absolute Gasteiger partial charge is 0.277 e. The Labute approximate surface area is 102 Å². The van der Waals surface area contributed by atoms with Crippen molar-refractivity contribution in [2.45, 2.75) is 0 Å². The lowest BCUT2D eigenvalue weighted by atomic mass is 10.0. The molecule has 89 valence electrons. The molecule has 0 bridgehead atoms. The van der Waals surface area contributed by atoms with Crippen molar-refractivity contribution in [2.75, 3.05) is 0 Å². The lowest BCUT2D eigenvalue weighted by molar-refractivity contribution is -0.385. The fourth-order valence-electron chi connectivity index (χ4n) is 1.59. The molecule has 0 spiro atoms. The number of benzene rings is 2. The molecule has 2 aromatic carbocycles. The second kappa shape index (κ2) is 4.62. The molecule has 1 radical (unpaired) electrons. The van der Waals surface area contributed by atoms with Gasteiger partial charge in [0.2, 0.25) is 0 Å². The third kappa shape index (κ3) is 2.17. The second-order valence-electron chi connectivity index (χ2n) is 3.49. The summed E-state index contributed by atoms with van der Waals surface area (Å²) in [6.07, 6.45) is 0. The maximum atomic E-state index is 10.9. The zero-order valence-corrected chi connectivity index (χ0v) is 9.07. The fourth-order valence-corrected chi connectivity index (χ4v) is 1.59. The molecule has 18 heavy (non-hydrogen) atoms. The van der Waals surface area contributed by atoms with Crippen molar-refractivity contribution in [1.29, 1.82) is 0 Å². The van der Waals surface area contributed by atoms with E-state index >= 15 is 0 Å². The van der Waals surface area contributed by atoms with Crippen LogP contribution in [-0.2, 0) is 0 Å². The van der Waals surface area contributed by atoms with Gasteiger partial charge in [0, 0.05) is 18.2 Å². The van der Waals surface area contributed by atoms with Crippen LogP contribution in [0.25, 0.3) is 11.1 Å². The van der Waals surface area contributed by atoms with Gasteiger partial charge in [-0.2, -0.15) is 0 Å². The minimum absolute atomic E-state index is 0.112. The Balaban J connectivity index is 2.58. The summed E-state index contributed by atoms with van der Waals surface area (Å²) < 4.78 is 0. The third-order valence-corrected chi connectivity index (χ3v) is 2.38. The van der Waals surface area contributed by atoms with Crippen molar-refractivity contribution < 1.29 is 9.85 Å². The van der Waals surface area contributed by atoms with E-state index in [1.54, 1.807) is 6.07 Å². The van der Waals surface area contributed by atoms with Gasteiger partial charge in [-0.15, -0.1) is 0 Å². The normalized spacial score (nSPS) is 10.0. The molecule has 0 aromatic heterocycles. The molecular formula is C12H7N2O4. The molecule has 0 heterocycles. The fraction of sp³-hybridized carbons (Fsp3) is 0. The average Bonchev–Trinajstić information content (AvgIpc) is 2.39. The Hall–Kier alpha value is -2.76. The first kappa shape index (κ1) is 11.7. The predicted molar refractivity (Wildman–Crippen MR) is 64.0 cm³/mol. The second-order valence-corrected chi connectivity index (χ2v) is 3.49. The zero-order valence-electron chi connectivity index (χ0n) is 9.07. The van der Waals surface area contributed by atoms with E-state index in [0.717, 1.165) is 0 Å². The van der Waals surface area contributed by atoms with Crippen molar-refractivity contribution in [3.63, 3.8) is 0 Å². The summed E-state index contributed by atoms with van der Waals surface area (Å²) in [4.78, 5) is 20.4. The molecule has 0 saturated carbocycles.